The minimum atomic E-state index is 0.0357. The van der Waals surface area contributed by atoms with Crippen molar-refractivity contribution in [3.05, 3.63) is 29.3 Å². The van der Waals surface area contributed by atoms with E-state index < -0.39 is 0 Å². The van der Waals surface area contributed by atoms with Crippen LogP contribution in [0.25, 0.3) is 0 Å². The molecule has 1 unspecified atom stereocenters. The highest BCUT2D eigenvalue weighted by Crippen LogP contribution is 2.28. The molecule has 1 fully saturated rings. The van der Waals surface area contributed by atoms with Crippen LogP contribution in [-0.2, 0) is 0 Å². The number of nitrogens with zero attached hydrogens (tertiary/aromatic N) is 2. The Balaban J connectivity index is 2.25. The molecule has 0 aromatic heterocycles. The van der Waals surface area contributed by atoms with Crippen molar-refractivity contribution in [3.8, 4) is 0 Å². The average Bonchev–Trinajstić information content (AvgIpc) is 2.32. The van der Waals surface area contributed by atoms with Gasteiger partial charge in [-0.05, 0) is 39.1 Å². The van der Waals surface area contributed by atoms with Gasteiger partial charge in [0.15, 0.2) is 0 Å². The Morgan fingerprint density at radius 2 is 2.17 bits per heavy atom. The Kier molecular flexibility index (Phi) is 3.85. The van der Waals surface area contributed by atoms with Gasteiger partial charge >= 0.3 is 0 Å². The molecule has 0 aliphatic carbocycles. The highest BCUT2D eigenvalue weighted by Gasteiger charge is 2.37. The number of halogens is 1. The summed E-state index contributed by atoms with van der Waals surface area (Å²) in [6.07, 6.45) is 0. The minimum Gasteiger partial charge on any atom is -0.395 e. The highest BCUT2D eigenvalue weighted by molar-refractivity contribution is 6.30. The van der Waals surface area contributed by atoms with Crippen LogP contribution in [-0.4, -0.2) is 48.3 Å². The van der Waals surface area contributed by atoms with Gasteiger partial charge in [0.2, 0.25) is 0 Å². The maximum Gasteiger partial charge on any atom is 0.0604 e. The van der Waals surface area contributed by atoms with Gasteiger partial charge in [-0.3, -0.25) is 4.90 Å². The predicted octanol–water partition coefficient (Wildman–Crippen LogP) is 2.23. The zero-order valence-electron chi connectivity index (χ0n) is 11.2. The number of aliphatic hydroxyl groups excluding tert-OH is 1. The molecule has 1 aliphatic rings. The third kappa shape index (κ3) is 2.63. The van der Waals surface area contributed by atoms with E-state index >= 15 is 0 Å². The Hall–Kier alpha value is -0.770. The van der Waals surface area contributed by atoms with Crippen LogP contribution in [0.15, 0.2) is 24.3 Å². The molecule has 18 heavy (non-hydrogen) atoms. The van der Waals surface area contributed by atoms with E-state index in [0.29, 0.717) is 0 Å². The zero-order chi connectivity index (χ0) is 13.3. The maximum absolute atomic E-state index is 9.52. The van der Waals surface area contributed by atoms with Crippen molar-refractivity contribution in [3.63, 3.8) is 0 Å². The van der Waals surface area contributed by atoms with Gasteiger partial charge in [0.05, 0.1) is 12.6 Å². The summed E-state index contributed by atoms with van der Waals surface area (Å²) in [5.41, 5.74) is 1.16. The molecule has 1 aromatic rings. The molecule has 1 atom stereocenters. The van der Waals surface area contributed by atoms with E-state index in [2.05, 4.69) is 36.8 Å². The van der Waals surface area contributed by atoms with Crippen molar-refractivity contribution in [2.45, 2.75) is 25.4 Å². The summed E-state index contributed by atoms with van der Waals surface area (Å²) >= 11 is 6.05. The lowest BCUT2D eigenvalue weighted by molar-refractivity contribution is 0.0455. The van der Waals surface area contributed by atoms with Crippen LogP contribution in [0.3, 0.4) is 0 Å². The fraction of sp³-hybridized carbons (Fsp3) is 0.571. The second-order valence-corrected chi connectivity index (χ2v) is 6.06. The monoisotopic (exact) mass is 268 g/mol. The van der Waals surface area contributed by atoms with E-state index in [-0.39, 0.29) is 18.2 Å². The number of likely N-dealkylation sites (N-methyl/N-ethyl adjacent to an activating group) is 1. The topological polar surface area (TPSA) is 26.7 Å². The number of benzene rings is 1. The molecule has 0 saturated carbocycles. The summed E-state index contributed by atoms with van der Waals surface area (Å²) in [6.45, 7) is 6.34. The predicted molar refractivity (Wildman–Crippen MR) is 76.4 cm³/mol. The number of hydrogen-bond donors (Lipinski definition) is 1. The minimum absolute atomic E-state index is 0.0357. The van der Waals surface area contributed by atoms with E-state index in [9.17, 15) is 5.11 Å². The number of hydrogen-bond acceptors (Lipinski definition) is 3. The quantitative estimate of drug-likeness (QED) is 0.891. The highest BCUT2D eigenvalue weighted by atomic mass is 35.5. The fourth-order valence-electron chi connectivity index (χ4n) is 2.56. The molecule has 2 rings (SSSR count). The first kappa shape index (κ1) is 13.7. The molecule has 1 N–H and O–H groups in total. The van der Waals surface area contributed by atoms with Crippen molar-refractivity contribution < 1.29 is 5.11 Å². The second kappa shape index (κ2) is 5.08. The summed E-state index contributed by atoms with van der Waals surface area (Å²) < 4.78 is 0. The van der Waals surface area contributed by atoms with Crippen LogP contribution in [0.5, 0.6) is 0 Å². The number of piperazine rings is 1. The van der Waals surface area contributed by atoms with Crippen LogP contribution in [0, 0.1) is 0 Å². The standard InChI is InChI=1S/C14H21ClN2O/c1-14(2)10-17(8-13(9-18)16(14)3)12-6-4-5-11(15)7-12/h4-7,13,18H,8-10H2,1-3H3. The number of aliphatic hydroxyl groups is 1. The van der Waals surface area contributed by atoms with Crippen LogP contribution < -0.4 is 4.90 Å². The molecule has 0 radical (unpaired) electrons. The van der Waals surface area contributed by atoms with Gasteiger partial charge < -0.3 is 10.0 Å². The molecular formula is C14H21ClN2O. The van der Waals surface area contributed by atoms with E-state index in [1.54, 1.807) is 0 Å². The molecule has 100 valence electrons. The first-order valence-corrected chi connectivity index (χ1v) is 6.66. The average molecular weight is 269 g/mol. The molecule has 1 heterocycles. The van der Waals surface area contributed by atoms with Crippen LogP contribution in [0.2, 0.25) is 5.02 Å². The lowest BCUT2D eigenvalue weighted by atomic mass is 9.95. The first-order chi connectivity index (χ1) is 8.44. The molecule has 3 nitrogen and oxygen atoms in total. The summed E-state index contributed by atoms with van der Waals surface area (Å²) in [4.78, 5) is 4.56. The first-order valence-electron chi connectivity index (χ1n) is 6.28. The smallest absolute Gasteiger partial charge is 0.0604 e. The van der Waals surface area contributed by atoms with E-state index in [1.165, 1.54) is 0 Å². The van der Waals surface area contributed by atoms with Gasteiger partial charge in [0, 0.05) is 29.3 Å². The normalized spacial score (nSPS) is 24.3. The summed E-state index contributed by atoms with van der Waals surface area (Å²) in [6, 6.07) is 8.07. The van der Waals surface area contributed by atoms with Crippen molar-refractivity contribution in [2.75, 3.05) is 31.6 Å². The Morgan fingerprint density at radius 3 is 2.78 bits per heavy atom. The van der Waals surface area contributed by atoms with Gasteiger partial charge in [-0.2, -0.15) is 0 Å². The molecule has 1 aromatic carbocycles. The van der Waals surface area contributed by atoms with E-state index in [0.717, 1.165) is 23.8 Å². The van der Waals surface area contributed by atoms with Crippen molar-refractivity contribution in [1.82, 2.24) is 4.90 Å². The molecule has 0 bridgehead atoms. The van der Waals surface area contributed by atoms with Crippen molar-refractivity contribution in [1.29, 1.82) is 0 Å². The molecule has 0 amide bonds. The van der Waals surface area contributed by atoms with Gasteiger partial charge in [0.25, 0.3) is 0 Å². The van der Waals surface area contributed by atoms with Crippen LogP contribution in [0.1, 0.15) is 13.8 Å². The Bertz CT molecular complexity index is 422. The summed E-state index contributed by atoms with van der Waals surface area (Å²) in [5.74, 6) is 0. The van der Waals surface area contributed by atoms with Crippen molar-refractivity contribution >= 4 is 17.3 Å². The lowest BCUT2D eigenvalue weighted by Crippen LogP contribution is -2.63. The molecular weight excluding hydrogens is 248 g/mol. The Morgan fingerprint density at radius 1 is 1.44 bits per heavy atom. The molecule has 1 aliphatic heterocycles. The second-order valence-electron chi connectivity index (χ2n) is 5.62. The van der Waals surface area contributed by atoms with Crippen LogP contribution >= 0.6 is 11.6 Å². The number of anilines is 1. The fourth-order valence-corrected chi connectivity index (χ4v) is 2.75. The van der Waals surface area contributed by atoms with Gasteiger partial charge in [-0.15, -0.1) is 0 Å². The van der Waals surface area contributed by atoms with Crippen LogP contribution in [0.4, 0.5) is 5.69 Å². The summed E-state index contributed by atoms with van der Waals surface area (Å²) in [5, 5.41) is 10.3. The van der Waals surface area contributed by atoms with Gasteiger partial charge in [0.1, 0.15) is 0 Å². The SMILES string of the molecule is CN1C(CO)CN(c2cccc(Cl)c2)CC1(C)C. The summed E-state index contributed by atoms with van der Waals surface area (Å²) in [7, 11) is 2.08. The third-order valence-corrected chi connectivity index (χ3v) is 4.13. The Labute approximate surface area is 114 Å². The molecule has 4 heteroatoms. The maximum atomic E-state index is 9.52. The van der Waals surface area contributed by atoms with Gasteiger partial charge in [-0.1, -0.05) is 17.7 Å². The lowest BCUT2D eigenvalue weighted by Gasteiger charge is -2.50. The van der Waals surface area contributed by atoms with E-state index in [1.807, 2.05) is 18.2 Å². The van der Waals surface area contributed by atoms with Crippen molar-refractivity contribution in [2.24, 2.45) is 0 Å². The van der Waals surface area contributed by atoms with Gasteiger partial charge in [-0.25, -0.2) is 0 Å². The zero-order valence-corrected chi connectivity index (χ0v) is 12.0. The number of rotatable bonds is 2. The third-order valence-electron chi connectivity index (χ3n) is 3.90. The van der Waals surface area contributed by atoms with E-state index in [4.69, 9.17) is 11.6 Å². The molecule has 0 spiro atoms. The largest absolute Gasteiger partial charge is 0.395 e. The molecule has 1 saturated heterocycles.